The molecule has 0 aliphatic heterocycles. The number of rotatable bonds is 8. The van der Waals surface area contributed by atoms with Crippen LogP contribution in [0, 0.1) is 5.41 Å². The molecule has 0 saturated heterocycles. The minimum Gasteiger partial charge on any atom is -0.395 e. The fourth-order valence-electron chi connectivity index (χ4n) is 1.44. The first-order chi connectivity index (χ1) is 6.55. The van der Waals surface area contributed by atoms with E-state index >= 15 is 0 Å². The van der Waals surface area contributed by atoms with Crippen molar-refractivity contribution in [2.24, 2.45) is 5.41 Å². The Bertz CT molecular complexity index is 139. The van der Waals surface area contributed by atoms with Crippen molar-refractivity contribution in [2.45, 2.75) is 33.6 Å². The second-order valence-electron chi connectivity index (χ2n) is 4.65. The molecule has 1 N–H and O–H groups in total. The highest BCUT2D eigenvalue weighted by Gasteiger charge is 2.19. The Morgan fingerprint density at radius 2 is 1.93 bits per heavy atom. The van der Waals surface area contributed by atoms with Gasteiger partial charge in [0.25, 0.3) is 0 Å². The summed E-state index contributed by atoms with van der Waals surface area (Å²) in [6.45, 7) is 9.92. The molecule has 86 valence electrons. The summed E-state index contributed by atoms with van der Waals surface area (Å²) in [6, 6.07) is 0. The van der Waals surface area contributed by atoms with E-state index in [1.165, 1.54) is 12.8 Å². The molecule has 3 heteroatoms. The van der Waals surface area contributed by atoms with Gasteiger partial charge in [-0.15, -0.1) is 0 Å². The first-order valence-corrected chi connectivity index (χ1v) is 6.57. The van der Waals surface area contributed by atoms with Crippen molar-refractivity contribution in [1.82, 2.24) is 4.90 Å². The number of alkyl halides is 1. The maximum Gasteiger partial charge on any atom is 0.0558 e. The summed E-state index contributed by atoms with van der Waals surface area (Å²) in [5, 5.41) is 9.96. The van der Waals surface area contributed by atoms with Crippen LogP contribution in [0.3, 0.4) is 0 Å². The number of aliphatic hydroxyl groups is 1. The lowest BCUT2D eigenvalue weighted by molar-refractivity contribution is 0.153. The van der Waals surface area contributed by atoms with Gasteiger partial charge in [-0.05, 0) is 18.4 Å². The summed E-state index contributed by atoms with van der Waals surface area (Å²) >= 11 is 3.53. The molecule has 0 unspecified atom stereocenters. The summed E-state index contributed by atoms with van der Waals surface area (Å²) in [4.78, 5) is 2.35. The second-order valence-corrected chi connectivity index (χ2v) is 5.21. The number of halogens is 1. The Labute approximate surface area is 96.8 Å². The fraction of sp³-hybridized carbons (Fsp3) is 1.00. The van der Waals surface area contributed by atoms with Crippen LogP contribution < -0.4 is 0 Å². The van der Waals surface area contributed by atoms with Crippen molar-refractivity contribution >= 4 is 15.9 Å². The molecule has 0 aliphatic rings. The highest BCUT2D eigenvalue weighted by molar-refractivity contribution is 9.09. The highest BCUT2D eigenvalue weighted by Crippen LogP contribution is 2.19. The highest BCUT2D eigenvalue weighted by atomic mass is 79.9. The van der Waals surface area contributed by atoms with E-state index in [1.807, 2.05) is 0 Å². The predicted octanol–water partition coefficient (Wildman–Crippen LogP) is 2.50. The minimum atomic E-state index is 0.266. The monoisotopic (exact) mass is 265 g/mol. The van der Waals surface area contributed by atoms with Crippen molar-refractivity contribution in [3.05, 3.63) is 0 Å². The van der Waals surface area contributed by atoms with Gasteiger partial charge in [0.15, 0.2) is 0 Å². The Kier molecular flexibility index (Phi) is 7.88. The molecule has 0 aromatic carbocycles. The Morgan fingerprint density at radius 1 is 1.29 bits per heavy atom. The summed E-state index contributed by atoms with van der Waals surface area (Å²) < 4.78 is 0. The molecule has 0 radical (unpaired) electrons. The van der Waals surface area contributed by atoms with Crippen LogP contribution >= 0.6 is 15.9 Å². The first-order valence-electron chi connectivity index (χ1n) is 5.45. The number of unbranched alkanes of at least 4 members (excludes halogenated alkanes) is 1. The molecule has 0 fully saturated rings. The quantitative estimate of drug-likeness (QED) is 0.682. The number of hydrogen-bond acceptors (Lipinski definition) is 2. The van der Waals surface area contributed by atoms with Gasteiger partial charge in [-0.3, -0.25) is 0 Å². The van der Waals surface area contributed by atoms with Crippen LogP contribution in [0.1, 0.15) is 33.6 Å². The summed E-state index contributed by atoms with van der Waals surface area (Å²) in [5.74, 6) is 0. The van der Waals surface area contributed by atoms with Gasteiger partial charge in [0.05, 0.1) is 6.61 Å². The van der Waals surface area contributed by atoms with Crippen LogP contribution in [0.15, 0.2) is 0 Å². The van der Waals surface area contributed by atoms with Crippen LogP contribution in [0.5, 0.6) is 0 Å². The lowest BCUT2D eigenvalue weighted by Crippen LogP contribution is -2.37. The Balaban J connectivity index is 3.94. The van der Waals surface area contributed by atoms with Crippen LogP contribution in [0.2, 0.25) is 0 Å². The Morgan fingerprint density at radius 3 is 2.36 bits per heavy atom. The molecule has 0 aromatic heterocycles. The molecule has 0 spiro atoms. The average molecular weight is 266 g/mol. The van der Waals surface area contributed by atoms with Crippen LogP contribution in [-0.2, 0) is 0 Å². The maximum atomic E-state index is 8.95. The van der Waals surface area contributed by atoms with Gasteiger partial charge < -0.3 is 10.0 Å². The normalized spacial score (nSPS) is 12.4. The van der Waals surface area contributed by atoms with Crippen LogP contribution in [0.25, 0.3) is 0 Å². The van der Waals surface area contributed by atoms with Gasteiger partial charge in [0.2, 0.25) is 0 Å². The molecule has 0 saturated carbocycles. The molecule has 0 rings (SSSR count). The van der Waals surface area contributed by atoms with Crippen molar-refractivity contribution < 1.29 is 5.11 Å². The van der Waals surface area contributed by atoms with E-state index in [0.29, 0.717) is 5.41 Å². The zero-order chi connectivity index (χ0) is 11.0. The molecule has 0 atom stereocenters. The lowest BCUT2D eigenvalue weighted by Gasteiger charge is -2.30. The lowest BCUT2D eigenvalue weighted by atomic mass is 9.96. The van der Waals surface area contributed by atoms with Crippen molar-refractivity contribution in [3.63, 3.8) is 0 Å². The minimum absolute atomic E-state index is 0.266. The largest absolute Gasteiger partial charge is 0.395 e. The van der Waals surface area contributed by atoms with Crippen LogP contribution in [-0.4, -0.2) is 41.6 Å². The van der Waals surface area contributed by atoms with E-state index in [9.17, 15) is 0 Å². The van der Waals surface area contributed by atoms with Crippen molar-refractivity contribution in [2.75, 3.05) is 31.6 Å². The van der Waals surface area contributed by atoms with Crippen LogP contribution in [0.4, 0.5) is 0 Å². The zero-order valence-electron chi connectivity index (χ0n) is 9.72. The molecule has 14 heavy (non-hydrogen) atoms. The third kappa shape index (κ3) is 6.80. The van der Waals surface area contributed by atoms with Gasteiger partial charge in [0.1, 0.15) is 0 Å². The predicted molar refractivity (Wildman–Crippen MR) is 66.0 cm³/mol. The SMILES string of the molecule is CCCCN(CCO)CC(C)(C)CBr. The fourth-order valence-corrected chi connectivity index (χ4v) is 1.62. The van der Waals surface area contributed by atoms with Gasteiger partial charge in [-0.2, -0.15) is 0 Å². The molecular weight excluding hydrogens is 242 g/mol. The molecular formula is C11H24BrNO. The third-order valence-corrected chi connectivity index (χ3v) is 3.78. The van der Waals surface area contributed by atoms with E-state index in [-0.39, 0.29) is 6.61 Å². The Hall–Kier alpha value is 0.400. The van der Waals surface area contributed by atoms with Gasteiger partial charge >= 0.3 is 0 Å². The van der Waals surface area contributed by atoms with Crippen molar-refractivity contribution in [3.8, 4) is 0 Å². The maximum absolute atomic E-state index is 8.95. The van der Waals surface area contributed by atoms with E-state index in [2.05, 4.69) is 41.6 Å². The molecule has 0 amide bonds. The number of hydrogen-bond donors (Lipinski definition) is 1. The number of nitrogens with zero attached hydrogens (tertiary/aromatic N) is 1. The first kappa shape index (κ1) is 14.4. The third-order valence-electron chi connectivity index (χ3n) is 2.26. The topological polar surface area (TPSA) is 23.5 Å². The zero-order valence-corrected chi connectivity index (χ0v) is 11.3. The standard InChI is InChI=1S/C11H24BrNO/c1-4-5-6-13(7-8-14)10-11(2,3)9-12/h14H,4-10H2,1-3H3. The summed E-state index contributed by atoms with van der Waals surface area (Å²) in [6.07, 6.45) is 2.44. The summed E-state index contributed by atoms with van der Waals surface area (Å²) in [5.41, 5.74) is 0.295. The van der Waals surface area contributed by atoms with Gasteiger partial charge in [-0.25, -0.2) is 0 Å². The van der Waals surface area contributed by atoms with Gasteiger partial charge in [0, 0.05) is 18.4 Å². The molecule has 0 aromatic rings. The van der Waals surface area contributed by atoms with E-state index in [1.54, 1.807) is 0 Å². The molecule has 0 bridgehead atoms. The second kappa shape index (κ2) is 7.66. The molecule has 0 aliphatic carbocycles. The van der Waals surface area contributed by atoms with Crippen molar-refractivity contribution in [1.29, 1.82) is 0 Å². The molecule has 0 heterocycles. The van der Waals surface area contributed by atoms with E-state index in [4.69, 9.17) is 5.11 Å². The van der Waals surface area contributed by atoms with E-state index < -0.39 is 0 Å². The summed E-state index contributed by atoms with van der Waals surface area (Å²) in [7, 11) is 0. The smallest absolute Gasteiger partial charge is 0.0558 e. The molecule has 2 nitrogen and oxygen atoms in total. The van der Waals surface area contributed by atoms with Gasteiger partial charge in [-0.1, -0.05) is 43.1 Å². The van der Waals surface area contributed by atoms with E-state index in [0.717, 1.165) is 25.0 Å². The average Bonchev–Trinajstić information content (AvgIpc) is 2.14. The number of aliphatic hydroxyl groups excluding tert-OH is 1.